The van der Waals surface area contributed by atoms with E-state index in [1.165, 1.54) is 11.1 Å². The van der Waals surface area contributed by atoms with Gasteiger partial charge >= 0.3 is 8.69 Å². The second kappa shape index (κ2) is 5.55. The highest BCUT2D eigenvalue weighted by Crippen LogP contribution is 2.19. The first-order valence-electron chi connectivity index (χ1n) is 4.99. The fourth-order valence-corrected chi connectivity index (χ4v) is 1.73. The third-order valence-corrected chi connectivity index (χ3v) is 2.58. The van der Waals surface area contributed by atoms with Crippen molar-refractivity contribution in [3.05, 3.63) is 60.2 Å². The Hall–Kier alpha value is -1.50. The van der Waals surface area contributed by atoms with E-state index in [2.05, 4.69) is 12.1 Å². The Morgan fingerprint density at radius 3 is 2.12 bits per heavy atom. The molecular weight excluding hydrogens is 219 g/mol. The molecule has 3 heteroatoms. The Balaban J connectivity index is 2.16. The minimum Gasteiger partial charge on any atom is -0.290 e. The molecule has 0 spiro atoms. The molecule has 0 amide bonds. The molecule has 0 aliphatic carbocycles. The van der Waals surface area contributed by atoms with Gasteiger partial charge in [0.1, 0.15) is 0 Å². The molecule has 0 unspecified atom stereocenters. The Morgan fingerprint density at radius 1 is 0.875 bits per heavy atom. The summed E-state index contributed by atoms with van der Waals surface area (Å²) in [7, 11) is -0.275. The zero-order chi connectivity index (χ0) is 11.2. The highest BCUT2D eigenvalue weighted by Gasteiger charge is 1.97. The van der Waals surface area contributed by atoms with E-state index < -0.39 is 0 Å². The van der Waals surface area contributed by atoms with Crippen LogP contribution in [-0.4, -0.2) is 0 Å². The van der Waals surface area contributed by atoms with Gasteiger partial charge < -0.3 is 0 Å². The summed E-state index contributed by atoms with van der Waals surface area (Å²) < 4.78 is 14.9. The lowest BCUT2D eigenvalue weighted by atomic mass is 10.0. The monoisotopic (exact) mass is 230 g/mol. The molecule has 0 N–H and O–H groups in total. The maximum atomic E-state index is 10.1. The average Bonchev–Trinajstić information content (AvgIpc) is 2.38. The van der Waals surface area contributed by atoms with Crippen molar-refractivity contribution in [1.29, 1.82) is 0 Å². The van der Waals surface area contributed by atoms with Crippen molar-refractivity contribution >= 4 is 8.69 Å². The van der Waals surface area contributed by atoms with Crippen molar-refractivity contribution in [2.75, 3.05) is 0 Å². The average molecular weight is 230 g/mol. The summed E-state index contributed by atoms with van der Waals surface area (Å²) in [5, 5.41) is 0. The summed E-state index contributed by atoms with van der Waals surface area (Å²) in [6, 6.07) is 18.2. The molecule has 0 saturated carbocycles. The fraction of sp³-hybridized carbons (Fsp3) is 0.0769. The Kier molecular flexibility index (Phi) is 3.81. The third-order valence-electron chi connectivity index (χ3n) is 2.34. The first-order chi connectivity index (χ1) is 7.90. The van der Waals surface area contributed by atoms with Crippen LogP contribution in [0.4, 0.5) is 0 Å². The van der Waals surface area contributed by atoms with Crippen LogP contribution in [0.25, 0.3) is 11.1 Å². The summed E-state index contributed by atoms with van der Waals surface area (Å²) in [6.07, 6.45) is 0. The third kappa shape index (κ3) is 2.75. The maximum absolute atomic E-state index is 10.1. The van der Waals surface area contributed by atoms with Crippen LogP contribution in [0.5, 0.6) is 0 Å². The first kappa shape index (κ1) is 11.0. The van der Waals surface area contributed by atoms with Crippen molar-refractivity contribution < 1.29 is 9.09 Å². The van der Waals surface area contributed by atoms with E-state index in [1.807, 2.05) is 42.5 Å². The molecular formula is C13H11O2P. The molecule has 0 saturated heterocycles. The molecule has 0 aromatic heterocycles. The zero-order valence-electron chi connectivity index (χ0n) is 8.67. The van der Waals surface area contributed by atoms with Gasteiger partial charge in [-0.25, -0.2) is 4.57 Å². The maximum Gasteiger partial charge on any atom is 0.327 e. The SMILES string of the molecule is O=POCc1ccc(-c2ccccc2)cc1. The number of hydrogen-bond donors (Lipinski definition) is 0. The van der Waals surface area contributed by atoms with Crippen molar-refractivity contribution in [2.24, 2.45) is 0 Å². The van der Waals surface area contributed by atoms with Gasteiger partial charge in [0.2, 0.25) is 0 Å². The molecule has 0 radical (unpaired) electrons. The Morgan fingerprint density at radius 2 is 1.50 bits per heavy atom. The molecule has 16 heavy (non-hydrogen) atoms. The van der Waals surface area contributed by atoms with Gasteiger partial charge in [-0.1, -0.05) is 54.6 Å². The highest BCUT2D eigenvalue weighted by molar-refractivity contribution is 7.17. The molecule has 0 aliphatic heterocycles. The van der Waals surface area contributed by atoms with Gasteiger partial charge in [-0.3, -0.25) is 4.52 Å². The van der Waals surface area contributed by atoms with Gasteiger partial charge in [-0.05, 0) is 16.7 Å². The molecule has 0 atom stereocenters. The molecule has 2 nitrogen and oxygen atoms in total. The van der Waals surface area contributed by atoms with E-state index in [1.54, 1.807) is 0 Å². The summed E-state index contributed by atoms with van der Waals surface area (Å²) in [5.41, 5.74) is 3.38. The minimum atomic E-state index is -0.275. The molecule has 0 fully saturated rings. The molecule has 0 aliphatic rings. The van der Waals surface area contributed by atoms with Gasteiger partial charge in [-0.2, -0.15) is 0 Å². The van der Waals surface area contributed by atoms with Crippen LogP contribution < -0.4 is 0 Å². The van der Waals surface area contributed by atoms with Gasteiger partial charge in [0.25, 0.3) is 0 Å². The van der Waals surface area contributed by atoms with Crippen LogP contribution in [-0.2, 0) is 15.7 Å². The number of benzene rings is 2. The standard InChI is InChI=1S/C13H11O2P/c14-16-15-10-11-6-8-13(9-7-11)12-4-2-1-3-5-12/h1-9H,10H2. The molecule has 80 valence electrons. The molecule has 2 rings (SSSR count). The van der Waals surface area contributed by atoms with Gasteiger partial charge in [-0.15, -0.1) is 0 Å². The molecule has 0 bridgehead atoms. The Bertz CT molecular complexity index is 451. The van der Waals surface area contributed by atoms with Crippen LogP contribution in [0.2, 0.25) is 0 Å². The predicted molar refractivity (Wildman–Crippen MR) is 64.3 cm³/mol. The van der Waals surface area contributed by atoms with E-state index >= 15 is 0 Å². The predicted octanol–water partition coefficient (Wildman–Crippen LogP) is 4.08. The largest absolute Gasteiger partial charge is 0.327 e. The van der Waals surface area contributed by atoms with Crippen LogP contribution in [0.3, 0.4) is 0 Å². The minimum absolute atomic E-state index is 0.275. The lowest BCUT2D eigenvalue weighted by Gasteiger charge is -2.02. The number of hydrogen-bond acceptors (Lipinski definition) is 2. The van der Waals surface area contributed by atoms with Gasteiger partial charge in [0.15, 0.2) is 0 Å². The quantitative estimate of drug-likeness (QED) is 0.740. The van der Waals surface area contributed by atoms with E-state index in [0.717, 1.165) is 5.56 Å². The fourth-order valence-electron chi connectivity index (χ4n) is 1.52. The van der Waals surface area contributed by atoms with Crippen LogP contribution in [0, 0.1) is 0 Å². The summed E-state index contributed by atoms with van der Waals surface area (Å²) in [5.74, 6) is 0. The lowest BCUT2D eigenvalue weighted by molar-refractivity contribution is 0.332. The molecule has 2 aromatic rings. The number of rotatable bonds is 4. The Labute approximate surface area is 96.2 Å². The first-order valence-corrected chi connectivity index (χ1v) is 5.72. The van der Waals surface area contributed by atoms with Crippen molar-refractivity contribution in [3.8, 4) is 11.1 Å². The smallest absolute Gasteiger partial charge is 0.290 e. The van der Waals surface area contributed by atoms with Crippen molar-refractivity contribution in [3.63, 3.8) is 0 Å². The van der Waals surface area contributed by atoms with Crippen LogP contribution in [0.1, 0.15) is 5.56 Å². The van der Waals surface area contributed by atoms with Gasteiger partial charge in [0, 0.05) is 0 Å². The van der Waals surface area contributed by atoms with E-state index in [0.29, 0.717) is 6.61 Å². The molecule has 2 aromatic carbocycles. The van der Waals surface area contributed by atoms with Crippen LogP contribution in [0.15, 0.2) is 54.6 Å². The lowest BCUT2D eigenvalue weighted by Crippen LogP contribution is -1.84. The van der Waals surface area contributed by atoms with E-state index in [9.17, 15) is 4.57 Å². The van der Waals surface area contributed by atoms with E-state index in [4.69, 9.17) is 4.52 Å². The van der Waals surface area contributed by atoms with Crippen molar-refractivity contribution in [2.45, 2.75) is 6.61 Å². The zero-order valence-corrected chi connectivity index (χ0v) is 9.56. The van der Waals surface area contributed by atoms with Gasteiger partial charge in [0.05, 0.1) is 6.61 Å². The summed E-state index contributed by atoms with van der Waals surface area (Å²) in [6.45, 7) is 0.375. The summed E-state index contributed by atoms with van der Waals surface area (Å²) >= 11 is 0. The molecule has 0 heterocycles. The summed E-state index contributed by atoms with van der Waals surface area (Å²) in [4.78, 5) is 0. The topological polar surface area (TPSA) is 26.3 Å². The highest BCUT2D eigenvalue weighted by atomic mass is 31.1. The van der Waals surface area contributed by atoms with Crippen LogP contribution >= 0.6 is 8.69 Å². The second-order valence-electron chi connectivity index (χ2n) is 3.41. The van der Waals surface area contributed by atoms with Crippen molar-refractivity contribution in [1.82, 2.24) is 0 Å². The van der Waals surface area contributed by atoms with E-state index in [-0.39, 0.29) is 8.69 Å². The second-order valence-corrected chi connectivity index (χ2v) is 3.82. The normalized spacial score (nSPS) is 10.5.